The third kappa shape index (κ3) is 2.98. The Bertz CT molecular complexity index is 472. The second-order valence-corrected chi connectivity index (χ2v) is 5.25. The van der Waals surface area contributed by atoms with Crippen molar-refractivity contribution >= 4 is 0 Å². The van der Waals surface area contributed by atoms with E-state index in [-0.39, 0.29) is 24.6 Å². The van der Waals surface area contributed by atoms with Crippen LogP contribution in [0.2, 0.25) is 0 Å². The number of nitrogens with zero attached hydrogens (tertiary/aromatic N) is 1. The second-order valence-electron chi connectivity index (χ2n) is 5.25. The van der Waals surface area contributed by atoms with E-state index in [4.69, 9.17) is 0 Å². The fourth-order valence-corrected chi connectivity index (χ4v) is 2.54. The van der Waals surface area contributed by atoms with E-state index in [1.165, 1.54) is 12.1 Å². The van der Waals surface area contributed by atoms with Crippen LogP contribution < -0.4 is 0 Å². The molecule has 0 unspecified atom stereocenters. The Labute approximate surface area is 116 Å². The van der Waals surface area contributed by atoms with Gasteiger partial charge in [-0.15, -0.1) is 0 Å². The zero-order chi connectivity index (χ0) is 14.9. The number of likely N-dealkylation sites (tertiary alicyclic amines) is 1. The van der Waals surface area contributed by atoms with Gasteiger partial charge in [-0.25, -0.2) is 8.78 Å². The maximum Gasteiger partial charge on any atom is 0.162 e. The van der Waals surface area contributed by atoms with Gasteiger partial charge in [-0.05, 0) is 25.0 Å². The molecule has 20 heavy (non-hydrogen) atoms. The number of hydrogen-bond donors (Lipinski definition) is 3. The molecular weight excluding hydrogens is 268 g/mol. The Morgan fingerprint density at radius 1 is 1.20 bits per heavy atom. The van der Waals surface area contributed by atoms with E-state index in [0.29, 0.717) is 6.54 Å². The quantitative estimate of drug-likeness (QED) is 0.748. The van der Waals surface area contributed by atoms with Crippen molar-refractivity contribution < 1.29 is 24.1 Å². The fraction of sp³-hybridized carbons (Fsp3) is 0.571. The topological polar surface area (TPSA) is 63.9 Å². The van der Waals surface area contributed by atoms with E-state index in [0.717, 1.165) is 6.07 Å². The molecule has 0 saturated carbocycles. The standard InChI is InChI=1S/C14H19F2NO3/c1-8-13(19)14(20)11(18)7-17(8)6-5-9-3-2-4-10(15)12(9)16/h2-4,8,11,13-14,18-20H,5-7H2,1H3/t8-,11+,13-,14-/m1/s1. The molecule has 4 nitrogen and oxygen atoms in total. The van der Waals surface area contributed by atoms with Crippen LogP contribution in [0.25, 0.3) is 0 Å². The van der Waals surface area contributed by atoms with Crippen molar-refractivity contribution in [2.75, 3.05) is 13.1 Å². The summed E-state index contributed by atoms with van der Waals surface area (Å²) in [4.78, 5) is 1.76. The van der Waals surface area contributed by atoms with Crippen molar-refractivity contribution in [3.05, 3.63) is 35.4 Å². The molecule has 3 N–H and O–H groups in total. The molecular formula is C14H19F2NO3. The lowest BCUT2D eigenvalue weighted by Crippen LogP contribution is -2.60. The number of piperidine rings is 1. The largest absolute Gasteiger partial charge is 0.389 e. The second kappa shape index (κ2) is 6.13. The normalized spacial score (nSPS) is 31.5. The van der Waals surface area contributed by atoms with Crippen LogP contribution in [0.4, 0.5) is 8.78 Å². The molecule has 0 bridgehead atoms. The average Bonchev–Trinajstić information content (AvgIpc) is 2.43. The predicted octanol–water partition coefficient (Wildman–Crippen LogP) is 0.294. The Morgan fingerprint density at radius 2 is 1.90 bits per heavy atom. The molecule has 1 aliphatic heterocycles. The molecule has 0 spiro atoms. The van der Waals surface area contributed by atoms with Gasteiger partial charge >= 0.3 is 0 Å². The van der Waals surface area contributed by atoms with Crippen LogP contribution in [0.15, 0.2) is 18.2 Å². The summed E-state index contributed by atoms with van der Waals surface area (Å²) in [6, 6.07) is 3.66. The minimum atomic E-state index is -1.17. The van der Waals surface area contributed by atoms with Crippen LogP contribution in [-0.4, -0.2) is 57.7 Å². The summed E-state index contributed by atoms with van der Waals surface area (Å²) >= 11 is 0. The lowest BCUT2D eigenvalue weighted by Gasteiger charge is -2.42. The highest BCUT2D eigenvalue weighted by atomic mass is 19.2. The van der Waals surface area contributed by atoms with Gasteiger partial charge in [0, 0.05) is 19.1 Å². The van der Waals surface area contributed by atoms with E-state index in [1.807, 2.05) is 0 Å². The van der Waals surface area contributed by atoms with Crippen molar-refractivity contribution in [1.82, 2.24) is 4.90 Å². The highest BCUT2D eigenvalue weighted by Crippen LogP contribution is 2.20. The van der Waals surface area contributed by atoms with Gasteiger partial charge in [-0.1, -0.05) is 12.1 Å². The van der Waals surface area contributed by atoms with Gasteiger partial charge in [0.25, 0.3) is 0 Å². The van der Waals surface area contributed by atoms with E-state index in [9.17, 15) is 24.1 Å². The van der Waals surface area contributed by atoms with Crippen molar-refractivity contribution in [3.63, 3.8) is 0 Å². The summed E-state index contributed by atoms with van der Waals surface area (Å²) in [5.74, 6) is -1.75. The van der Waals surface area contributed by atoms with Gasteiger partial charge in [-0.2, -0.15) is 0 Å². The first-order chi connectivity index (χ1) is 9.41. The molecule has 1 saturated heterocycles. The van der Waals surface area contributed by atoms with Crippen molar-refractivity contribution in [1.29, 1.82) is 0 Å². The first-order valence-electron chi connectivity index (χ1n) is 6.63. The third-order valence-corrected chi connectivity index (χ3v) is 3.94. The van der Waals surface area contributed by atoms with Crippen LogP contribution in [0, 0.1) is 11.6 Å². The Kier molecular flexibility index (Phi) is 4.70. The number of β-amino-alcohol motifs (C(OH)–C–C–N with tert-alkyl or cyclic N) is 1. The number of rotatable bonds is 3. The molecule has 1 aliphatic rings. The SMILES string of the molecule is C[C@@H]1[C@@H](O)[C@H](O)[C@@H](O)CN1CCc1cccc(F)c1F. The van der Waals surface area contributed by atoms with Crippen molar-refractivity contribution in [3.8, 4) is 0 Å². The minimum absolute atomic E-state index is 0.191. The maximum atomic E-state index is 13.5. The summed E-state index contributed by atoms with van der Waals surface area (Å²) in [5, 5.41) is 29.0. The molecule has 1 aromatic rings. The number of hydrogen-bond acceptors (Lipinski definition) is 4. The van der Waals surface area contributed by atoms with Crippen LogP contribution >= 0.6 is 0 Å². The highest BCUT2D eigenvalue weighted by molar-refractivity contribution is 5.19. The molecule has 0 aromatic heterocycles. The molecule has 2 rings (SSSR count). The highest BCUT2D eigenvalue weighted by Gasteiger charge is 2.38. The van der Waals surface area contributed by atoms with Crippen LogP contribution in [0.5, 0.6) is 0 Å². The van der Waals surface area contributed by atoms with Gasteiger partial charge in [0.05, 0.1) is 12.2 Å². The van der Waals surface area contributed by atoms with E-state index in [2.05, 4.69) is 0 Å². The smallest absolute Gasteiger partial charge is 0.162 e. The Balaban J connectivity index is 2.01. The lowest BCUT2D eigenvalue weighted by molar-refractivity contribution is -0.132. The summed E-state index contributed by atoms with van der Waals surface area (Å²) < 4.78 is 26.6. The Morgan fingerprint density at radius 3 is 2.60 bits per heavy atom. The molecule has 0 radical (unpaired) electrons. The monoisotopic (exact) mass is 287 g/mol. The number of aliphatic hydroxyl groups excluding tert-OH is 3. The van der Waals surface area contributed by atoms with Crippen LogP contribution in [0.3, 0.4) is 0 Å². The van der Waals surface area contributed by atoms with Gasteiger partial charge in [0.1, 0.15) is 6.10 Å². The summed E-state index contributed by atoms with van der Waals surface area (Å²) in [6.45, 7) is 2.28. The molecule has 0 amide bonds. The van der Waals surface area contributed by atoms with Crippen molar-refractivity contribution in [2.24, 2.45) is 0 Å². The van der Waals surface area contributed by atoms with Gasteiger partial charge in [0.15, 0.2) is 11.6 Å². The molecule has 6 heteroatoms. The summed E-state index contributed by atoms with van der Waals surface area (Å²) in [7, 11) is 0. The lowest BCUT2D eigenvalue weighted by atomic mass is 9.94. The first kappa shape index (κ1) is 15.3. The van der Waals surface area contributed by atoms with Gasteiger partial charge in [0.2, 0.25) is 0 Å². The van der Waals surface area contributed by atoms with E-state index in [1.54, 1.807) is 11.8 Å². The molecule has 1 aromatic carbocycles. The first-order valence-corrected chi connectivity index (χ1v) is 6.63. The third-order valence-electron chi connectivity index (χ3n) is 3.94. The fourth-order valence-electron chi connectivity index (χ4n) is 2.54. The van der Waals surface area contributed by atoms with Crippen LogP contribution in [0.1, 0.15) is 12.5 Å². The zero-order valence-corrected chi connectivity index (χ0v) is 11.2. The van der Waals surface area contributed by atoms with Gasteiger partial charge < -0.3 is 15.3 Å². The minimum Gasteiger partial charge on any atom is -0.389 e. The zero-order valence-electron chi connectivity index (χ0n) is 11.2. The van der Waals surface area contributed by atoms with Gasteiger partial charge in [-0.3, -0.25) is 4.90 Å². The molecule has 112 valence electrons. The average molecular weight is 287 g/mol. The number of halogens is 2. The van der Waals surface area contributed by atoms with E-state index < -0.39 is 29.9 Å². The van der Waals surface area contributed by atoms with E-state index >= 15 is 0 Å². The van der Waals surface area contributed by atoms with Crippen LogP contribution in [-0.2, 0) is 6.42 Å². The summed E-state index contributed by atoms with van der Waals surface area (Å²) in [5.41, 5.74) is 0.257. The molecule has 0 aliphatic carbocycles. The molecule has 4 atom stereocenters. The molecule has 1 heterocycles. The predicted molar refractivity (Wildman–Crippen MR) is 69.1 cm³/mol. The number of aliphatic hydroxyl groups is 3. The molecule has 1 fully saturated rings. The number of benzene rings is 1. The summed E-state index contributed by atoms with van der Waals surface area (Å²) in [6.07, 6.45) is -3.01. The maximum absolute atomic E-state index is 13.5. The Hall–Kier alpha value is -1.08. The van der Waals surface area contributed by atoms with Crippen molar-refractivity contribution in [2.45, 2.75) is 37.7 Å².